The number of aromatic nitrogens is 4. The summed E-state index contributed by atoms with van der Waals surface area (Å²) in [5, 5.41) is 3.15. The molecule has 0 unspecified atom stereocenters. The number of alkyl halides is 2. The Hall–Kier alpha value is -2.38. The molecule has 3 aromatic rings. The van der Waals surface area contributed by atoms with Crippen LogP contribution in [0.15, 0.2) is 42.9 Å². The lowest BCUT2D eigenvalue weighted by molar-refractivity contribution is 0.151. The second-order valence-corrected chi connectivity index (χ2v) is 5.46. The van der Waals surface area contributed by atoms with Crippen LogP contribution in [0.1, 0.15) is 12.0 Å². The lowest BCUT2D eigenvalue weighted by atomic mass is 10.2. The number of pyridine rings is 1. The molecule has 5 nitrogen and oxygen atoms in total. The van der Waals surface area contributed by atoms with Crippen LogP contribution in [-0.4, -0.2) is 19.9 Å². The van der Waals surface area contributed by atoms with Crippen molar-refractivity contribution in [3.8, 4) is 11.4 Å². The Morgan fingerprint density at radius 1 is 1.00 bits per heavy atom. The fourth-order valence-electron chi connectivity index (χ4n) is 1.95. The van der Waals surface area contributed by atoms with Crippen molar-refractivity contribution in [2.24, 2.45) is 0 Å². The molecule has 0 radical (unpaired) electrons. The summed E-state index contributed by atoms with van der Waals surface area (Å²) in [7, 11) is 0. The van der Waals surface area contributed by atoms with Crippen molar-refractivity contribution in [1.29, 1.82) is 0 Å². The molecule has 0 amide bonds. The number of nitrogens with zero attached hydrogens (tertiary/aromatic N) is 4. The Bertz CT molecular complexity index is 876. The van der Waals surface area contributed by atoms with Crippen molar-refractivity contribution in [1.82, 2.24) is 19.9 Å². The molecule has 1 N–H and O–H groups in total. The van der Waals surface area contributed by atoms with E-state index in [4.69, 9.17) is 23.2 Å². The Morgan fingerprint density at radius 3 is 2.58 bits per heavy atom. The number of halogens is 4. The maximum absolute atomic E-state index is 12.9. The monoisotopic (exact) mass is 367 g/mol. The van der Waals surface area contributed by atoms with Gasteiger partial charge in [-0.05, 0) is 30.3 Å². The fourth-order valence-corrected chi connectivity index (χ4v) is 2.33. The minimum Gasteiger partial charge on any atom is -0.324 e. The van der Waals surface area contributed by atoms with Gasteiger partial charge in [0.05, 0.1) is 0 Å². The van der Waals surface area contributed by atoms with Crippen molar-refractivity contribution >= 4 is 34.8 Å². The first-order valence-electron chi connectivity index (χ1n) is 6.68. The summed E-state index contributed by atoms with van der Waals surface area (Å²) in [4.78, 5) is 16.2. The van der Waals surface area contributed by atoms with Crippen LogP contribution in [0.2, 0.25) is 10.2 Å². The topological polar surface area (TPSA) is 63.6 Å². The van der Waals surface area contributed by atoms with Crippen molar-refractivity contribution in [2.75, 3.05) is 5.32 Å². The number of benzene rings is 1. The van der Waals surface area contributed by atoms with E-state index in [9.17, 15) is 8.78 Å². The Labute approximate surface area is 145 Å². The van der Waals surface area contributed by atoms with Gasteiger partial charge >= 0.3 is 0 Å². The highest BCUT2D eigenvalue weighted by atomic mass is 35.5. The van der Waals surface area contributed by atoms with Crippen LogP contribution in [0.25, 0.3) is 11.4 Å². The molecule has 0 saturated heterocycles. The maximum Gasteiger partial charge on any atom is 0.265 e. The molecule has 2 heterocycles. The van der Waals surface area contributed by atoms with E-state index in [1.54, 1.807) is 18.2 Å². The highest BCUT2D eigenvalue weighted by Crippen LogP contribution is 2.30. The molecule has 0 aliphatic rings. The highest BCUT2D eigenvalue weighted by molar-refractivity contribution is 6.31. The van der Waals surface area contributed by atoms with Crippen LogP contribution >= 0.6 is 23.2 Å². The zero-order chi connectivity index (χ0) is 17.1. The van der Waals surface area contributed by atoms with Gasteiger partial charge in [-0.2, -0.15) is 4.98 Å². The van der Waals surface area contributed by atoms with E-state index in [0.717, 1.165) is 0 Å². The molecule has 0 fully saturated rings. The van der Waals surface area contributed by atoms with E-state index in [1.807, 2.05) is 0 Å². The van der Waals surface area contributed by atoms with E-state index in [-0.39, 0.29) is 16.5 Å². The summed E-state index contributed by atoms with van der Waals surface area (Å²) in [6.45, 7) is 0. The summed E-state index contributed by atoms with van der Waals surface area (Å²) in [5.74, 6) is 0.579. The molecule has 0 atom stereocenters. The molecule has 0 bridgehead atoms. The van der Waals surface area contributed by atoms with Gasteiger partial charge in [-0.1, -0.05) is 23.2 Å². The van der Waals surface area contributed by atoms with Crippen LogP contribution in [0.5, 0.6) is 0 Å². The summed E-state index contributed by atoms with van der Waals surface area (Å²) >= 11 is 11.6. The Morgan fingerprint density at radius 2 is 1.83 bits per heavy atom. The third-order valence-corrected chi connectivity index (χ3v) is 3.59. The van der Waals surface area contributed by atoms with Gasteiger partial charge in [-0.25, -0.2) is 23.7 Å². The van der Waals surface area contributed by atoms with Gasteiger partial charge in [0.2, 0.25) is 5.95 Å². The van der Waals surface area contributed by atoms with Crippen LogP contribution in [0.4, 0.5) is 20.4 Å². The van der Waals surface area contributed by atoms with Crippen LogP contribution in [0.3, 0.4) is 0 Å². The normalized spacial score (nSPS) is 10.9. The van der Waals surface area contributed by atoms with Gasteiger partial charge in [0.15, 0.2) is 5.82 Å². The average Bonchev–Trinajstić information content (AvgIpc) is 2.57. The molecule has 0 spiro atoms. The second kappa shape index (κ2) is 7.02. The molecule has 3 rings (SSSR count). The molecule has 0 aliphatic heterocycles. The largest absolute Gasteiger partial charge is 0.324 e. The summed E-state index contributed by atoms with van der Waals surface area (Å²) in [5.41, 5.74) is 0.779. The lowest BCUT2D eigenvalue weighted by Crippen LogP contribution is -2.01. The number of hydrogen-bond donors (Lipinski definition) is 1. The lowest BCUT2D eigenvalue weighted by Gasteiger charge is -2.09. The fraction of sp³-hybridized carbons (Fsp3) is 0.0667. The van der Waals surface area contributed by atoms with Crippen LogP contribution in [-0.2, 0) is 0 Å². The first-order valence-corrected chi connectivity index (χ1v) is 7.44. The van der Waals surface area contributed by atoms with Gasteiger partial charge < -0.3 is 5.32 Å². The molecule has 9 heteroatoms. The second-order valence-electron chi connectivity index (χ2n) is 4.66. The zero-order valence-electron chi connectivity index (χ0n) is 11.9. The third kappa shape index (κ3) is 3.74. The number of hydrogen-bond acceptors (Lipinski definition) is 5. The molecule has 122 valence electrons. The molecule has 0 aliphatic carbocycles. The quantitative estimate of drug-likeness (QED) is 0.662. The van der Waals surface area contributed by atoms with Crippen molar-refractivity contribution in [2.45, 2.75) is 6.43 Å². The average molecular weight is 368 g/mol. The predicted molar refractivity (Wildman–Crippen MR) is 87.8 cm³/mol. The summed E-state index contributed by atoms with van der Waals surface area (Å²) in [6.07, 6.45) is 0.165. The van der Waals surface area contributed by atoms with E-state index >= 15 is 0 Å². The number of rotatable bonds is 4. The number of nitrogens with one attached hydrogen (secondary N) is 1. The smallest absolute Gasteiger partial charge is 0.265 e. The molecule has 1 aromatic carbocycles. The van der Waals surface area contributed by atoms with Gasteiger partial charge in [0.25, 0.3) is 6.43 Å². The predicted octanol–water partition coefficient (Wildman–Crippen LogP) is 4.92. The summed E-state index contributed by atoms with van der Waals surface area (Å²) in [6, 6.07) is 7.50. The van der Waals surface area contributed by atoms with E-state index in [0.29, 0.717) is 22.2 Å². The van der Waals surface area contributed by atoms with E-state index in [1.165, 1.54) is 24.7 Å². The van der Waals surface area contributed by atoms with Crippen molar-refractivity contribution in [3.63, 3.8) is 0 Å². The Balaban J connectivity index is 1.89. The highest BCUT2D eigenvalue weighted by Gasteiger charge is 2.13. The minimum absolute atomic E-state index is 0.00156. The zero-order valence-corrected chi connectivity index (χ0v) is 13.4. The summed E-state index contributed by atoms with van der Waals surface area (Å²) < 4.78 is 25.8. The minimum atomic E-state index is -2.67. The number of anilines is 2. The standard InChI is InChI=1S/C15H9Cl2F2N5/c16-11-2-1-9(6-10(11)13(18)19)23-15-22-7-21-14(24-15)8-3-4-20-12(17)5-8/h1-7,13H,(H,21,22,23,24). The van der Waals surface area contributed by atoms with Gasteiger partial charge in [0.1, 0.15) is 11.5 Å². The van der Waals surface area contributed by atoms with Crippen LogP contribution in [0, 0.1) is 0 Å². The van der Waals surface area contributed by atoms with Gasteiger partial charge in [-0.3, -0.25) is 0 Å². The van der Waals surface area contributed by atoms with E-state index < -0.39 is 6.43 Å². The van der Waals surface area contributed by atoms with Gasteiger partial charge in [0, 0.05) is 28.0 Å². The van der Waals surface area contributed by atoms with Crippen LogP contribution < -0.4 is 5.32 Å². The molecular formula is C15H9Cl2F2N5. The van der Waals surface area contributed by atoms with Crippen molar-refractivity contribution in [3.05, 3.63) is 58.6 Å². The van der Waals surface area contributed by atoms with E-state index in [2.05, 4.69) is 25.3 Å². The molecule has 0 saturated carbocycles. The maximum atomic E-state index is 12.9. The van der Waals surface area contributed by atoms with Gasteiger partial charge in [-0.15, -0.1) is 0 Å². The molecular weight excluding hydrogens is 359 g/mol. The third-order valence-electron chi connectivity index (χ3n) is 3.04. The SMILES string of the molecule is FC(F)c1cc(Nc2ncnc(-c3ccnc(Cl)c3)n2)ccc1Cl. The Kier molecular flexibility index (Phi) is 4.82. The molecule has 2 aromatic heterocycles. The first kappa shape index (κ1) is 16.5. The van der Waals surface area contributed by atoms with Crippen molar-refractivity contribution < 1.29 is 8.78 Å². The first-order chi connectivity index (χ1) is 11.5. The molecule has 24 heavy (non-hydrogen) atoms.